The van der Waals surface area contributed by atoms with Crippen molar-refractivity contribution < 1.29 is 9.59 Å². The molecule has 2 aromatic rings. The van der Waals surface area contributed by atoms with Gasteiger partial charge < -0.3 is 9.80 Å². The highest BCUT2D eigenvalue weighted by molar-refractivity contribution is 6.23. The monoisotopic (exact) mass is 390 g/mol. The summed E-state index contributed by atoms with van der Waals surface area (Å²) in [6, 6.07) is 20.1. The number of carbonyl (C=O) groups is 2. The van der Waals surface area contributed by atoms with Crippen LogP contribution in [0.2, 0.25) is 0 Å². The van der Waals surface area contributed by atoms with Gasteiger partial charge in [0.05, 0.1) is 11.1 Å². The maximum Gasteiger partial charge on any atom is 0.156 e. The molecule has 4 rings (SSSR count). The molecule has 0 aliphatic heterocycles. The Morgan fingerprint density at radius 2 is 0.966 bits per heavy atom. The lowest BCUT2D eigenvalue weighted by Gasteiger charge is -2.77. The SMILES string of the molecule is CC1C(=O)C2(C(=O)C(C)C2(C)N(C)c2ccccc2)C1(C)N(C)c1ccccc1. The van der Waals surface area contributed by atoms with Gasteiger partial charge in [-0.1, -0.05) is 50.2 Å². The molecule has 152 valence electrons. The Labute approximate surface area is 173 Å². The molecule has 2 fully saturated rings. The molecule has 0 aromatic heterocycles. The minimum Gasteiger partial charge on any atom is -0.367 e. The summed E-state index contributed by atoms with van der Waals surface area (Å²) in [6.45, 7) is 8.11. The third-order valence-electron chi connectivity index (χ3n) is 8.41. The first-order valence-electron chi connectivity index (χ1n) is 10.3. The summed E-state index contributed by atoms with van der Waals surface area (Å²) in [6.07, 6.45) is 0. The Balaban J connectivity index is 1.87. The van der Waals surface area contributed by atoms with Crippen molar-refractivity contribution in [2.24, 2.45) is 17.3 Å². The fourth-order valence-electron chi connectivity index (χ4n) is 6.21. The van der Waals surface area contributed by atoms with E-state index in [0.29, 0.717) is 0 Å². The van der Waals surface area contributed by atoms with E-state index in [4.69, 9.17) is 0 Å². The van der Waals surface area contributed by atoms with Crippen molar-refractivity contribution >= 4 is 22.9 Å². The summed E-state index contributed by atoms with van der Waals surface area (Å²) in [5.41, 5.74) is -0.232. The molecule has 0 heterocycles. The van der Waals surface area contributed by atoms with E-state index in [-0.39, 0.29) is 23.4 Å². The van der Waals surface area contributed by atoms with Gasteiger partial charge in [-0.15, -0.1) is 0 Å². The second-order valence-corrected chi connectivity index (χ2v) is 9.01. The number of para-hydroxylation sites is 2. The Morgan fingerprint density at radius 3 is 1.28 bits per heavy atom. The van der Waals surface area contributed by atoms with E-state index in [9.17, 15) is 9.59 Å². The Morgan fingerprint density at radius 1 is 0.655 bits per heavy atom. The summed E-state index contributed by atoms with van der Waals surface area (Å²) in [7, 11) is 4.03. The Kier molecular flexibility index (Phi) is 4.20. The molecule has 0 N–H and O–H groups in total. The van der Waals surface area contributed by atoms with E-state index in [2.05, 4.69) is 23.6 Å². The van der Waals surface area contributed by atoms with Crippen LogP contribution in [0.15, 0.2) is 60.7 Å². The van der Waals surface area contributed by atoms with E-state index < -0.39 is 16.5 Å². The van der Waals surface area contributed by atoms with Gasteiger partial charge in [0.25, 0.3) is 0 Å². The maximum absolute atomic E-state index is 13.6. The van der Waals surface area contributed by atoms with Gasteiger partial charge in [-0.2, -0.15) is 0 Å². The molecular formula is C25H30N2O2. The topological polar surface area (TPSA) is 40.6 Å². The summed E-state index contributed by atoms with van der Waals surface area (Å²) in [5, 5.41) is 0. The number of Topliss-reactive ketones (excluding diaryl/α,β-unsaturated/α-hetero) is 2. The van der Waals surface area contributed by atoms with Crippen LogP contribution in [0.5, 0.6) is 0 Å². The second kappa shape index (κ2) is 6.19. The molecule has 2 aliphatic carbocycles. The standard InChI is InChI=1S/C25H30N2O2/c1-17-21(28)25(23(17,3)26(5)19-13-9-7-10-14-19)22(29)18(2)24(25,4)27(6)20-15-11-8-12-16-20/h7-18H,1-6H3. The summed E-state index contributed by atoms with van der Waals surface area (Å²) < 4.78 is 0. The summed E-state index contributed by atoms with van der Waals surface area (Å²) in [4.78, 5) is 31.4. The number of rotatable bonds is 4. The molecule has 0 radical (unpaired) electrons. The lowest BCUT2D eigenvalue weighted by atomic mass is 9.30. The minimum absolute atomic E-state index is 0.0659. The van der Waals surface area contributed by atoms with Crippen LogP contribution in [-0.4, -0.2) is 36.7 Å². The molecule has 4 unspecified atom stereocenters. The van der Waals surface area contributed by atoms with Crippen LogP contribution in [0.4, 0.5) is 11.4 Å². The second-order valence-electron chi connectivity index (χ2n) is 9.01. The Bertz CT molecular complexity index is 878. The van der Waals surface area contributed by atoms with Gasteiger partial charge in [-0.05, 0) is 38.1 Å². The third-order valence-corrected chi connectivity index (χ3v) is 8.41. The predicted octanol–water partition coefficient (Wildman–Crippen LogP) is 4.20. The van der Waals surface area contributed by atoms with Crippen LogP contribution in [0, 0.1) is 17.3 Å². The molecular weight excluding hydrogens is 360 g/mol. The fourth-order valence-corrected chi connectivity index (χ4v) is 6.21. The van der Waals surface area contributed by atoms with Crippen LogP contribution in [0.3, 0.4) is 0 Å². The lowest BCUT2D eigenvalue weighted by Crippen LogP contribution is -2.94. The van der Waals surface area contributed by atoms with Crippen molar-refractivity contribution in [1.29, 1.82) is 0 Å². The zero-order chi connectivity index (χ0) is 21.2. The van der Waals surface area contributed by atoms with Crippen molar-refractivity contribution in [1.82, 2.24) is 0 Å². The van der Waals surface area contributed by atoms with Gasteiger partial charge in [0.15, 0.2) is 11.6 Å². The first kappa shape index (κ1) is 19.7. The number of anilines is 2. The summed E-state index contributed by atoms with van der Waals surface area (Å²) in [5.74, 6) is -0.326. The first-order chi connectivity index (χ1) is 13.7. The fraction of sp³-hybridized carbons (Fsp3) is 0.440. The van der Waals surface area contributed by atoms with E-state index in [1.165, 1.54) is 0 Å². The number of carbonyl (C=O) groups excluding carboxylic acids is 2. The largest absolute Gasteiger partial charge is 0.367 e. The Hall–Kier alpha value is -2.62. The molecule has 4 nitrogen and oxygen atoms in total. The quantitative estimate of drug-likeness (QED) is 0.734. The molecule has 29 heavy (non-hydrogen) atoms. The number of ketones is 2. The molecule has 0 bridgehead atoms. The van der Waals surface area contributed by atoms with Crippen molar-refractivity contribution in [3.05, 3.63) is 60.7 Å². The van der Waals surface area contributed by atoms with Gasteiger partial charge in [-0.3, -0.25) is 9.59 Å². The molecule has 4 heteroatoms. The molecule has 2 aromatic carbocycles. The average molecular weight is 391 g/mol. The third kappa shape index (κ3) is 2.00. The molecule has 4 atom stereocenters. The highest BCUT2D eigenvalue weighted by atomic mass is 16.2. The maximum atomic E-state index is 13.6. The van der Waals surface area contributed by atoms with Crippen LogP contribution in [0.1, 0.15) is 27.7 Å². The van der Waals surface area contributed by atoms with E-state index in [1.54, 1.807) is 0 Å². The smallest absolute Gasteiger partial charge is 0.156 e. The number of hydrogen-bond acceptors (Lipinski definition) is 4. The van der Waals surface area contributed by atoms with Crippen molar-refractivity contribution in [3.63, 3.8) is 0 Å². The number of hydrogen-bond donors (Lipinski definition) is 0. The van der Waals surface area contributed by atoms with Gasteiger partial charge >= 0.3 is 0 Å². The number of nitrogens with zero attached hydrogens (tertiary/aromatic N) is 2. The lowest BCUT2D eigenvalue weighted by molar-refractivity contribution is -0.199. The summed E-state index contributed by atoms with van der Waals surface area (Å²) >= 11 is 0. The van der Waals surface area contributed by atoms with E-state index in [1.807, 2.05) is 88.6 Å². The van der Waals surface area contributed by atoms with E-state index >= 15 is 0 Å². The molecule has 2 saturated carbocycles. The first-order valence-corrected chi connectivity index (χ1v) is 10.3. The molecule has 0 saturated heterocycles. The van der Waals surface area contributed by atoms with Crippen molar-refractivity contribution in [3.8, 4) is 0 Å². The average Bonchev–Trinajstić information content (AvgIpc) is 2.78. The molecule has 0 amide bonds. The molecule has 2 aliphatic rings. The minimum atomic E-state index is -1.06. The van der Waals surface area contributed by atoms with E-state index in [0.717, 1.165) is 11.4 Å². The normalized spacial score (nSPS) is 35.8. The van der Waals surface area contributed by atoms with Crippen LogP contribution < -0.4 is 9.80 Å². The predicted molar refractivity (Wildman–Crippen MR) is 117 cm³/mol. The molecule has 1 spiro atoms. The van der Waals surface area contributed by atoms with Gasteiger partial charge in [-0.25, -0.2) is 0 Å². The van der Waals surface area contributed by atoms with Crippen LogP contribution in [0.25, 0.3) is 0 Å². The van der Waals surface area contributed by atoms with Crippen LogP contribution >= 0.6 is 0 Å². The van der Waals surface area contributed by atoms with Gasteiger partial charge in [0.2, 0.25) is 0 Å². The van der Waals surface area contributed by atoms with Crippen molar-refractivity contribution in [2.45, 2.75) is 38.8 Å². The number of benzene rings is 2. The highest BCUT2D eigenvalue weighted by Gasteiger charge is 2.88. The zero-order valence-corrected chi connectivity index (χ0v) is 18.1. The van der Waals surface area contributed by atoms with Gasteiger partial charge in [0, 0.05) is 37.3 Å². The van der Waals surface area contributed by atoms with Crippen LogP contribution in [-0.2, 0) is 9.59 Å². The van der Waals surface area contributed by atoms with Crippen molar-refractivity contribution in [2.75, 3.05) is 23.9 Å². The zero-order valence-electron chi connectivity index (χ0n) is 18.1. The highest BCUT2D eigenvalue weighted by Crippen LogP contribution is 2.70. The van der Waals surface area contributed by atoms with Gasteiger partial charge in [0.1, 0.15) is 5.41 Å².